The molecule has 1 atom stereocenters. The third kappa shape index (κ3) is 4.83. The number of hydrogen-bond acceptors (Lipinski definition) is 4. The van der Waals surface area contributed by atoms with E-state index in [2.05, 4.69) is 5.32 Å². The van der Waals surface area contributed by atoms with Crippen LogP contribution < -0.4 is 10.1 Å². The molecule has 0 radical (unpaired) electrons. The summed E-state index contributed by atoms with van der Waals surface area (Å²) in [5, 5.41) is 11.7. The lowest BCUT2D eigenvalue weighted by Gasteiger charge is -2.17. The number of methoxy groups -OCH3 is 1. The highest BCUT2D eigenvalue weighted by Crippen LogP contribution is 2.24. The van der Waals surface area contributed by atoms with Crippen molar-refractivity contribution >= 4 is 5.91 Å². The van der Waals surface area contributed by atoms with Gasteiger partial charge in [0.15, 0.2) is 6.61 Å². The molecule has 1 unspecified atom stereocenters. The number of amides is 1. The molecule has 1 amide bonds. The van der Waals surface area contributed by atoms with Gasteiger partial charge in [0.05, 0.1) is 19.3 Å². The summed E-state index contributed by atoms with van der Waals surface area (Å²) in [7, 11) is 1.52. The SMILES string of the molecule is COCC(CO)NC(=O)COc1c(C)cc(C)cc1C. The van der Waals surface area contributed by atoms with Crippen LogP contribution in [0, 0.1) is 20.8 Å². The molecule has 0 saturated carbocycles. The van der Waals surface area contributed by atoms with Gasteiger partial charge in [0.2, 0.25) is 0 Å². The average Bonchev–Trinajstić information content (AvgIpc) is 2.36. The van der Waals surface area contributed by atoms with Gasteiger partial charge in [0.25, 0.3) is 5.91 Å². The molecule has 1 rings (SSSR count). The van der Waals surface area contributed by atoms with E-state index in [0.717, 1.165) is 22.4 Å². The molecular weight excluding hydrogens is 258 g/mol. The van der Waals surface area contributed by atoms with Gasteiger partial charge in [-0.25, -0.2) is 0 Å². The number of hydrogen-bond donors (Lipinski definition) is 2. The van der Waals surface area contributed by atoms with Crippen molar-refractivity contribution in [1.29, 1.82) is 0 Å². The highest BCUT2D eigenvalue weighted by Gasteiger charge is 2.13. The first-order chi connectivity index (χ1) is 9.47. The van der Waals surface area contributed by atoms with Crippen LogP contribution in [0.25, 0.3) is 0 Å². The zero-order chi connectivity index (χ0) is 15.1. The van der Waals surface area contributed by atoms with Gasteiger partial charge in [-0.05, 0) is 31.9 Å². The molecule has 0 saturated heterocycles. The molecule has 0 fully saturated rings. The van der Waals surface area contributed by atoms with Crippen LogP contribution in [-0.4, -0.2) is 44.0 Å². The molecule has 1 aromatic rings. The molecule has 0 aliphatic carbocycles. The van der Waals surface area contributed by atoms with Crippen molar-refractivity contribution in [2.45, 2.75) is 26.8 Å². The molecule has 1 aromatic carbocycles. The van der Waals surface area contributed by atoms with Gasteiger partial charge in [-0.2, -0.15) is 0 Å². The number of aryl methyl sites for hydroxylation is 3. The minimum atomic E-state index is -0.406. The highest BCUT2D eigenvalue weighted by atomic mass is 16.5. The molecule has 20 heavy (non-hydrogen) atoms. The first-order valence-electron chi connectivity index (χ1n) is 6.57. The molecule has 112 valence electrons. The predicted octanol–water partition coefficient (Wildman–Crippen LogP) is 1.11. The molecule has 5 nitrogen and oxygen atoms in total. The quantitative estimate of drug-likeness (QED) is 0.786. The summed E-state index contributed by atoms with van der Waals surface area (Å²) in [4.78, 5) is 11.7. The van der Waals surface area contributed by atoms with Crippen LogP contribution in [-0.2, 0) is 9.53 Å². The van der Waals surface area contributed by atoms with Crippen LogP contribution in [0.3, 0.4) is 0 Å². The largest absolute Gasteiger partial charge is 0.483 e. The summed E-state index contributed by atoms with van der Waals surface area (Å²) in [6.07, 6.45) is 0. The van der Waals surface area contributed by atoms with Crippen molar-refractivity contribution in [2.24, 2.45) is 0 Å². The molecule has 0 heterocycles. The van der Waals surface area contributed by atoms with E-state index in [-0.39, 0.29) is 25.7 Å². The number of ether oxygens (including phenoxy) is 2. The van der Waals surface area contributed by atoms with E-state index >= 15 is 0 Å². The van der Waals surface area contributed by atoms with Crippen molar-refractivity contribution in [2.75, 3.05) is 26.9 Å². The predicted molar refractivity (Wildman–Crippen MR) is 77.0 cm³/mol. The Kier molecular flexibility index (Phi) is 6.48. The molecule has 5 heteroatoms. The fourth-order valence-electron chi connectivity index (χ4n) is 2.14. The monoisotopic (exact) mass is 281 g/mol. The van der Waals surface area contributed by atoms with E-state index in [1.807, 2.05) is 32.9 Å². The molecular formula is C15H23NO4. The first kappa shape index (κ1) is 16.5. The Hall–Kier alpha value is -1.59. The Morgan fingerprint density at radius 1 is 1.30 bits per heavy atom. The van der Waals surface area contributed by atoms with E-state index in [1.54, 1.807) is 0 Å². The molecule has 0 aliphatic rings. The van der Waals surface area contributed by atoms with Crippen molar-refractivity contribution in [3.63, 3.8) is 0 Å². The van der Waals surface area contributed by atoms with Gasteiger partial charge < -0.3 is 19.9 Å². The minimum absolute atomic E-state index is 0.0784. The van der Waals surface area contributed by atoms with Gasteiger partial charge >= 0.3 is 0 Å². The fraction of sp³-hybridized carbons (Fsp3) is 0.533. The number of benzene rings is 1. The zero-order valence-corrected chi connectivity index (χ0v) is 12.5. The first-order valence-corrected chi connectivity index (χ1v) is 6.57. The van der Waals surface area contributed by atoms with Gasteiger partial charge in [0, 0.05) is 7.11 Å². The molecule has 0 bridgehead atoms. The second-order valence-corrected chi connectivity index (χ2v) is 4.92. The molecule has 0 spiro atoms. The normalized spacial score (nSPS) is 12.1. The van der Waals surface area contributed by atoms with Crippen LogP contribution in [0.4, 0.5) is 0 Å². The Balaban J connectivity index is 2.57. The fourth-order valence-corrected chi connectivity index (χ4v) is 2.14. The maximum absolute atomic E-state index is 11.7. The number of rotatable bonds is 7. The highest BCUT2D eigenvalue weighted by molar-refractivity contribution is 5.78. The second kappa shape index (κ2) is 7.87. The lowest BCUT2D eigenvalue weighted by Crippen LogP contribution is -2.42. The average molecular weight is 281 g/mol. The van der Waals surface area contributed by atoms with Gasteiger partial charge in [-0.3, -0.25) is 4.79 Å². The second-order valence-electron chi connectivity index (χ2n) is 4.92. The van der Waals surface area contributed by atoms with E-state index in [1.165, 1.54) is 7.11 Å². The molecule has 2 N–H and O–H groups in total. The minimum Gasteiger partial charge on any atom is -0.483 e. The summed E-state index contributed by atoms with van der Waals surface area (Å²) in [5.41, 5.74) is 3.18. The summed E-state index contributed by atoms with van der Waals surface area (Å²) in [6, 6.07) is 3.62. The summed E-state index contributed by atoms with van der Waals surface area (Å²) in [5.74, 6) is 0.457. The standard InChI is InChI=1S/C15H23NO4/c1-10-5-11(2)15(12(3)6-10)20-9-14(18)16-13(7-17)8-19-4/h5-6,13,17H,7-9H2,1-4H3,(H,16,18). The van der Waals surface area contributed by atoms with E-state index in [9.17, 15) is 4.79 Å². The van der Waals surface area contributed by atoms with Crippen molar-refractivity contribution in [1.82, 2.24) is 5.32 Å². The Morgan fingerprint density at radius 3 is 2.40 bits per heavy atom. The molecule has 0 aromatic heterocycles. The number of nitrogens with one attached hydrogen (secondary N) is 1. The number of carbonyl (C=O) groups excluding carboxylic acids is 1. The maximum Gasteiger partial charge on any atom is 0.258 e. The van der Waals surface area contributed by atoms with Crippen LogP contribution in [0.2, 0.25) is 0 Å². The summed E-state index contributed by atoms with van der Waals surface area (Å²) >= 11 is 0. The van der Waals surface area contributed by atoms with E-state index < -0.39 is 6.04 Å². The summed E-state index contributed by atoms with van der Waals surface area (Å²) < 4.78 is 10.5. The van der Waals surface area contributed by atoms with Crippen LogP contribution in [0.15, 0.2) is 12.1 Å². The Bertz CT molecular complexity index is 436. The topological polar surface area (TPSA) is 67.8 Å². The Labute approximate surface area is 119 Å². The van der Waals surface area contributed by atoms with Crippen LogP contribution in [0.5, 0.6) is 5.75 Å². The van der Waals surface area contributed by atoms with Gasteiger partial charge in [-0.1, -0.05) is 17.7 Å². The van der Waals surface area contributed by atoms with Crippen LogP contribution >= 0.6 is 0 Å². The van der Waals surface area contributed by atoms with Gasteiger partial charge in [0.1, 0.15) is 5.75 Å². The zero-order valence-electron chi connectivity index (χ0n) is 12.5. The maximum atomic E-state index is 11.7. The van der Waals surface area contributed by atoms with E-state index in [0.29, 0.717) is 0 Å². The number of carbonyl (C=O) groups is 1. The number of aliphatic hydroxyl groups is 1. The van der Waals surface area contributed by atoms with Gasteiger partial charge in [-0.15, -0.1) is 0 Å². The molecule has 0 aliphatic heterocycles. The lowest BCUT2D eigenvalue weighted by atomic mass is 10.1. The third-order valence-corrected chi connectivity index (χ3v) is 2.91. The van der Waals surface area contributed by atoms with Crippen molar-refractivity contribution in [3.05, 3.63) is 28.8 Å². The van der Waals surface area contributed by atoms with Crippen molar-refractivity contribution in [3.8, 4) is 5.75 Å². The van der Waals surface area contributed by atoms with Crippen LogP contribution in [0.1, 0.15) is 16.7 Å². The number of aliphatic hydroxyl groups excluding tert-OH is 1. The smallest absolute Gasteiger partial charge is 0.258 e. The third-order valence-electron chi connectivity index (χ3n) is 2.91. The van der Waals surface area contributed by atoms with E-state index in [4.69, 9.17) is 14.6 Å². The van der Waals surface area contributed by atoms with Crippen molar-refractivity contribution < 1.29 is 19.4 Å². The Morgan fingerprint density at radius 2 is 1.90 bits per heavy atom. The lowest BCUT2D eigenvalue weighted by molar-refractivity contribution is -0.124. The summed E-state index contributed by atoms with van der Waals surface area (Å²) in [6.45, 7) is 5.95.